The maximum absolute atomic E-state index is 11.3. The molecule has 2 nitrogen and oxygen atoms in total. The van der Waals surface area contributed by atoms with Gasteiger partial charge in [0.05, 0.1) is 0 Å². The zero-order chi connectivity index (χ0) is 10.7. The Morgan fingerprint density at radius 3 is 2.87 bits per heavy atom. The van der Waals surface area contributed by atoms with E-state index in [1.165, 1.54) is 19.3 Å². The van der Waals surface area contributed by atoms with Gasteiger partial charge in [-0.3, -0.25) is 4.79 Å². The van der Waals surface area contributed by atoms with Crippen molar-refractivity contribution in [1.82, 2.24) is 5.32 Å². The molecular formula is C13H21NO. The van der Waals surface area contributed by atoms with E-state index in [9.17, 15) is 4.79 Å². The molecule has 2 aliphatic carbocycles. The molecule has 3 unspecified atom stereocenters. The molecular weight excluding hydrogens is 186 g/mol. The highest BCUT2D eigenvalue weighted by atomic mass is 16.1. The number of hydrogen-bond acceptors (Lipinski definition) is 1. The van der Waals surface area contributed by atoms with Crippen molar-refractivity contribution in [2.45, 2.75) is 39.0 Å². The van der Waals surface area contributed by atoms with Gasteiger partial charge in [0.2, 0.25) is 5.91 Å². The molecule has 0 saturated heterocycles. The van der Waals surface area contributed by atoms with E-state index < -0.39 is 0 Å². The number of carbonyl (C=O) groups excluding carboxylic acids is 1. The van der Waals surface area contributed by atoms with Crippen molar-refractivity contribution < 1.29 is 4.79 Å². The molecule has 1 saturated carbocycles. The fourth-order valence-electron chi connectivity index (χ4n) is 3.04. The molecule has 0 aromatic heterocycles. The van der Waals surface area contributed by atoms with Crippen molar-refractivity contribution in [2.24, 2.45) is 17.8 Å². The number of fused-ring (bicyclic) bond motifs is 2. The summed E-state index contributed by atoms with van der Waals surface area (Å²) in [4.78, 5) is 11.3. The fourth-order valence-corrected chi connectivity index (χ4v) is 3.04. The summed E-state index contributed by atoms with van der Waals surface area (Å²) in [6.07, 6.45) is 10.5. The molecule has 15 heavy (non-hydrogen) atoms. The molecule has 0 heterocycles. The third-order valence-corrected chi connectivity index (χ3v) is 3.77. The first-order chi connectivity index (χ1) is 7.29. The molecule has 2 aliphatic rings. The van der Waals surface area contributed by atoms with Crippen molar-refractivity contribution in [2.75, 3.05) is 6.54 Å². The predicted molar refractivity (Wildman–Crippen MR) is 61.4 cm³/mol. The van der Waals surface area contributed by atoms with E-state index in [1.54, 1.807) is 0 Å². The van der Waals surface area contributed by atoms with Gasteiger partial charge in [0, 0.05) is 13.0 Å². The molecule has 0 aromatic carbocycles. The first-order valence-electron chi connectivity index (χ1n) is 6.24. The molecule has 1 amide bonds. The molecule has 2 heteroatoms. The molecule has 2 bridgehead atoms. The van der Waals surface area contributed by atoms with E-state index in [0.717, 1.165) is 30.7 Å². The minimum Gasteiger partial charge on any atom is -0.356 e. The van der Waals surface area contributed by atoms with Crippen LogP contribution in [-0.2, 0) is 4.79 Å². The fraction of sp³-hybridized carbons (Fsp3) is 0.769. The van der Waals surface area contributed by atoms with E-state index >= 15 is 0 Å². The Labute approximate surface area is 92.1 Å². The molecule has 0 spiro atoms. The molecule has 0 aromatic rings. The highest BCUT2D eigenvalue weighted by Gasteiger charge is 2.34. The van der Waals surface area contributed by atoms with Gasteiger partial charge in [-0.25, -0.2) is 0 Å². The van der Waals surface area contributed by atoms with Crippen LogP contribution in [-0.4, -0.2) is 12.5 Å². The maximum atomic E-state index is 11.3. The quantitative estimate of drug-likeness (QED) is 0.689. The zero-order valence-electron chi connectivity index (χ0n) is 9.54. The van der Waals surface area contributed by atoms with Crippen LogP contribution in [0.5, 0.6) is 0 Å². The molecule has 0 aliphatic heterocycles. The highest BCUT2D eigenvalue weighted by molar-refractivity contribution is 5.75. The van der Waals surface area contributed by atoms with Crippen molar-refractivity contribution in [3.05, 3.63) is 12.2 Å². The van der Waals surface area contributed by atoms with E-state index in [-0.39, 0.29) is 5.91 Å². The van der Waals surface area contributed by atoms with Gasteiger partial charge in [-0.05, 0) is 50.4 Å². The Balaban J connectivity index is 1.63. The van der Waals surface area contributed by atoms with Gasteiger partial charge >= 0.3 is 0 Å². The average molecular weight is 207 g/mol. The normalized spacial score (nSPS) is 32.2. The molecule has 2 rings (SSSR count). The molecule has 84 valence electrons. The zero-order valence-corrected chi connectivity index (χ0v) is 9.54. The summed E-state index contributed by atoms with van der Waals surface area (Å²) in [7, 11) is 0. The van der Waals surface area contributed by atoms with E-state index in [2.05, 4.69) is 17.5 Å². The second-order valence-corrected chi connectivity index (χ2v) is 4.89. The summed E-state index contributed by atoms with van der Waals surface area (Å²) in [6, 6.07) is 0. The number of rotatable bonds is 5. The van der Waals surface area contributed by atoms with E-state index in [4.69, 9.17) is 0 Å². The number of allylic oxidation sites excluding steroid dienone is 2. The van der Waals surface area contributed by atoms with Gasteiger partial charge in [-0.2, -0.15) is 0 Å². The third kappa shape index (κ3) is 2.61. The summed E-state index contributed by atoms with van der Waals surface area (Å²) in [5.74, 6) is 2.79. The third-order valence-electron chi connectivity index (χ3n) is 3.77. The summed E-state index contributed by atoms with van der Waals surface area (Å²) in [6.45, 7) is 2.73. The largest absolute Gasteiger partial charge is 0.356 e. The van der Waals surface area contributed by atoms with Crippen molar-refractivity contribution in [1.29, 1.82) is 0 Å². The Kier molecular flexibility index (Phi) is 3.45. The van der Waals surface area contributed by atoms with Gasteiger partial charge in [0.15, 0.2) is 0 Å². The number of hydrogen-bond donors (Lipinski definition) is 1. The SMILES string of the molecule is CCNC(=O)CCCC1CC2C=CC1C2. The van der Waals surface area contributed by atoms with Gasteiger partial charge in [0.1, 0.15) is 0 Å². The van der Waals surface area contributed by atoms with Crippen LogP contribution in [0, 0.1) is 17.8 Å². The van der Waals surface area contributed by atoms with Crippen molar-refractivity contribution >= 4 is 5.91 Å². The van der Waals surface area contributed by atoms with Crippen LogP contribution in [0.15, 0.2) is 12.2 Å². The highest BCUT2D eigenvalue weighted by Crippen LogP contribution is 2.45. The lowest BCUT2D eigenvalue weighted by molar-refractivity contribution is -0.121. The summed E-state index contributed by atoms with van der Waals surface area (Å²) in [5.41, 5.74) is 0. The van der Waals surface area contributed by atoms with Gasteiger partial charge < -0.3 is 5.32 Å². The Bertz CT molecular complexity index is 259. The number of carbonyl (C=O) groups is 1. The van der Waals surface area contributed by atoms with Crippen LogP contribution in [0.25, 0.3) is 0 Å². The average Bonchev–Trinajstić information content (AvgIpc) is 2.79. The Hall–Kier alpha value is -0.790. The number of nitrogens with one attached hydrogen (secondary N) is 1. The maximum Gasteiger partial charge on any atom is 0.219 e. The standard InChI is InChI=1S/C13H21NO/c1-2-14-13(15)5-3-4-11-8-10-6-7-12(11)9-10/h6-7,10-12H,2-5,8-9H2,1H3,(H,14,15). The lowest BCUT2D eigenvalue weighted by atomic mass is 9.89. The van der Waals surface area contributed by atoms with Gasteiger partial charge in [-0.15, -0.1) is 0 Å². The van der Waals surface area contributed by atoms with Crippen LogP contribution in [0.1, 0.15) is 39.0 Å². The summed E-state index contributed by atoms with van der Waals surface area (Å²) < 4.78 is 0. The number of amides is 1. The summed E-state index contributed by atoms with van der Waals surface area (Å²) >= 11 is 0. The smallest absolute Gasteiger partial charge is 0.219 e. The lowest BCUT2D eigenvalue weighted by Crippen LogP contribution is -2.22. The molecule has 3 atom stereocenters. The minimum absolute atomic E-state index is 0.219. The Morgan fingerprint density at radius 1 is 1.40 bits per heavy atom. The molecule has 0 radical (unpaired) electrons. The van der Waals surface area contributed by atoms with Crippen LogP contribution in [0.4, 0.5) is 0 Å². The van der Waals surface area contributed by atoms with E-state index in [0.29, 0.717) is 6.42 Å². The van der Waals surface area contributed by atoms with Crippen molar-refractivity contribution in [3.63, 3.8) is 0 Å². The van der Waals surface area contributed by atoms with Crippen LogP contribution < -0.4 is 5.32 Å². The lowest BCUT2D eigenvalue weighted by Gasteiger charge is -2.17. The first kappa shape index (κ1) is 10.7. The van der Waals surface area contributed by atoms with Crippen LogP contribution in [0.2, 0.25) is 0 Å². The monoisotopic (exact) mass is 207 g/mol. The second kappa shape index (κ2) is 4.82. The van der Waals surface area contributed by atoms with Crippen LogP contribution >= 0.6 is 0 Å². The Morgan fingerprint density at radius 2 is 2.27 bits per heavy atom. The van der Waals surface area contributed by atoms with Gasteiger partial charge in [0.25, 0.3) is 0 Å². The van der Waals surface area contributed by atoms with E-state index in [1.807, 2.05) is 6.92 Å². The predicted octanol–water partition coefficient (Wildman–Crippen LogP) is 2.51. The van der Waals surface area contributed by atoms with Gasteiger partial charge in [-0.1, -0.05) is 12.2 Å². The summed E-state index contributed by atoms with van der Waals surface area (Å²) in [5, 5.41) is 2.85. The minimum atomic E-state index is 0.219. The molecule has 1 N–H and O–H groups in total. The first-order valence-corrected chi connectivity index (χ1v) is 6.24. The second-order valence-electron chi connectivity index (χ2n) is 4.89. The van der Waals surface area contributed by atoms with Crippen LogP contribution in [0.3, 0.4) is 0 Å². The van der Waals surface area contributed by atoms with Crippen molar-refractivity contribution in [3.8, 4) is 0 Å². The topological polar surface area (TPSA) is 29.1 Å². The molecule has 1 fully saturated rings.